The van der Waals surface area contributed by atoms with Crippen molar-refractivity contribution in [3.8, 4) is 0 Å². The van der Waals surface area contributed by atoms with Gasteiger partial charge in [-0.3, -0.25) is 4.90 Å². The summed E-state index contributed by atoms with van der Waals surface area (Å²) in [5, 5.41) is 3.58. The van der Waals surface area contributed by atoms with Crippen molar-refractivity contribution in [2.75, 3.05) is 39.3 Å². The lowest BCUT2D eigenvalue weighted by molar-refractivity contribution is 0.210. The molecular weight excluding hydrogens is 210 g/mol. The quantitative estimate of drug-likeness (QED) is 0.699. The third-order valence-electron chi connectivity index (χ3n) is 4.11. The van der Waals surface area contributed by atoms with Crippen LogP contribution >= 0.6 is 0 Å². The molecule has 0 bridgehead atoms. The standard InChI is InChI=1S/C14H31N3/c1-5-13(4)15-9-11-16-10-8-14(12-16)17(6-2)7-3/h13-15H,5-12H2,1-4H3. The van der Waals surface area contributed by atoms with Crippen LogP contribution in [-0.2, 0) is 0 Å². The molecule has 2 atom stereocenters. The fraction of sp³-hybridized carbons (Fsp3) is 1.00. The van der Waals surface area contributed by atoms with Crippen molar-refractivity contribution >= 4 is 0 Å². The maximum absolute atomic E-state index is 3.58. The summed E-state index contributed by atoms with van der Waals surface area (Å²) in [6.45, 7) is 16.3. The number of nitrogens with zero attached hydrogens (tertiary/aromatic N) is 2. The molecule has 1 aliphatic rings. The molecule has 0 aromatic heterocycles. The summed E-state index contributed by atoms with van der Waals surface area (Å²) in [6.07, 6.45) is 2.58. The molecule has 1 fully saturated rings. The summed E-state index contributed by atoms with van der Waals surface area (Å²) in [6, 6.07) is 1.46. The SMILES string of the molecule is CCC(C)NCCN1CCC(N(CC)CC)C1. The van der Waals surface area contributed by atoms with Gasteiger partial charge in [0.1, 0.15) is 0 Å². The van der Waals surface area contributed by atoms with Gasteiger partial charge in [-0.1, -0.05) is 20.8 Å². The van der Waals surface area contributed by atoms with E-state index < -0.39 is 0 Å². The Morgan fingerprint density at radius 1 is 1.29 bits per heavy atom. The monoisotopic (exact) mass is 241 g/mol. The number of likely N-dealkylation sites (N-methyl/N-ethyl adjacent to an activating group) is 1. The molecule has 1 N–H and O–H groups in total. The van der Waals surface area contributed by atoms with Crippen LogP contribution < -0.4 is 5.32 Å². The van der Waals surface area contributed by atoms with E-state index in [0.29, 0.717) is 6.04 Å². The van der Waals surface area contributed by atoms with Gasteiger partial charge in [0.05, 0.1) is 0 Å². The van der Waals surface area contributed by atoms with Crippen LogP contribution in [0.15, 0.2) is 0 Å². The highest BCUT2D eigenvalue weighted by Crippen LogP contribution is 2.14. The predicted octanol–water partition coefficient (Wildman–Crippen LogP) is 1.79. The summed E-state index contributed by atoms with van der Waals surface area (Å²) in [7, 11) is 0. The highest BCUT2D eigenvalue weighted by atomic mass is 15.3. The first kappa shape index (κ1) is 14.9. The van der Waals surface area contributed by atoms with Gasteiger partial charge in [0.15, 0.2) is 0 Å². The molecule has 0 radical (unpaired) electrons. The van der Waals surface area contributed by atoms with E-state index in [0.717, 1.165) is 12.6 Å². The van der Waals surface area contributed by atoms with Crippen molar-refractivity contribution in [3.05, 3.63) is 0 Å². The summed E-state index contributed by atoms with van der Waals surface area (Å²) < 4.78 is 0. The number of nitrogens with one attached hydrogen (secondary N) is 1. The Hall–Kier alpha value is -0.120. The first-order chi connectivity index (χ1) is 8.21. The largest absolute Gasteiger partial charge is 0.313 e. The van der Waals surface area contributed by atoms with Crippen LogP contribution in [0.5, 0.6) is 0 Å². The van der Waals surface area contributed by atoms with E-state index in [9.17, 15) is 0 Å². The minimum absolute atomic E-state index is 0.663. The van der Waals surface area contributed by atoms with Gasteiger partial charge in [-0.2, -0.15) is 0 Å². The number of rotatable bonds is 8. The third-order valence-corrected chi connectivity index (χ3v) is 4.11. The summed E-state index contributed by atoms with van der Waals surface area (Å²) in [4.78, 5) is 5.21. The van der Waals surface area contributed by atoms with Crippen molar-refractivity contribution in [2.24, 2.45) is 0 Å². The van der Waals surface area contributed by atoms with Gasteiger partial charge in [0.25, 0.3) is 0 Å². The van der Waals surface area contributed by atoms with Gasteiger partial charge in [-0.25, -0.2) is 0 Å². The van der Waals surface area contributed by atoms with Gasteiger partial charge < -0.3 is 10.2 Å². The highest BCUT2D eigenvalue weighted by molar-refractivity contribution is 4.82. The predicted molar refractivity (Wildman–Crippen MR) is 75.5 cm³/mol. The van der Waals surface area contributed by atoms with Gasteiger partial charge in [0, 0.05) is 31.7 Å². The first-order valence-electron chi connectivity index (χ1n) is 7.40. The molecule has 3 heteroatoms. The van der Waals surface area contributed by atoms with Crippen LogP contribution in [0.4, 0.5) is 0 Å². The molecule has 1 saturated heterocycles. The summed E-state index contributed by atoms with van der Waals surface area (Å²) in [5.41, 5.74) is 0. The average Bonchev–Trinajstić information content (AvgIpc) is 2.79. The first-order valence-corrected chi connectivity index (χ1v) is 7.40. The molecular formula is C14H31N3. The molecule has 1 aliphatic heterocycles. The molecule has 0 aromatic rings. The van der Waals surface area contributed by atoms with E-state index in [1.165, 1.54) is 45.6 Å². The van der Waals surface area contributed by atoms with E-state index in [1.807, 2.05) is 0 Å². The Bertz CT molecular complexity index is 192. The minimum Gasteiger partial charge on any atom is -0.313 e. The number of hydrogen-bond acceptors (Lipinski definition) is 3. The molecule has 0 saturated carbocycles. The van der Waals surface area contributed by atoms with Gasteiger partial charge in [-0.05, 0) is 39.4 Å². The zero-order chi connectivity index (χ0) is 12.7. The molecule has 2 unspecified atom stereocenters. The molecule has 102 valence electrons. The Kier molecular flexibility index (Phi) is 7.09. The Morgan fingerprint density at radius 3 is 2.59 bits per heavy atom. The zero-order valence-electron chi connectivity index (χ0n) is 12.2. The van der Waals surface area contributed by atoms with Crippen LogP contribution in [-0.4, -0.2) is 61.2 Å². The lowest BCUT2D eigenvalue weighted by Crippen LogP contribution is -2.39. The van der Waals surface area contributed by atoms with Crippen LogP contribution in [0.2, 0.25) is 0 Å². The Morgan fingerprint density at radius 2 is 2.00 bits per heavy atom. The molecule has 1 rings (SSSR count). The molecule has 0 spiro atoms. The van der Waals surface area contributed by atoms with Crippen LogP contribution in [0.1, 0.15) is 40.5 Å². The van der Waals surface area contributed by atoms with Gasteiger partial charge in [0.2, 0.25) is 0 Å². The summed E-state index contributed by atoms with van der Waals surface area (Å²) in [5.74, 6) is 0. The lowest BCUT2D eigenvalue weighted by Gasteiger charge is -2.26. The van der Waals surface area contributed by atoms with Crippen LogP contribution in [0.25, 0.3) is 0 Å². The Balaban J connectivity index is 2.17. The van der Waals surface area contributed by atoms with Crippen molar-refractivity contribution in [1.82, 2.24) is 15.1 Å². The summed E-state index contributed by atoms with van der Waals surface area (Å²) >= 11 is 0. The zero-order valence-corrected chi connectivity index (χ0v) is 12.2. The smallest absolute Gasteiger partial charge is 0.0235 e. The third kappa shape index (κ3) is 4.94. The molecule has 3 nitrogen and oxygen atoms in total. The topological polar surface area (TPSA) is 18.5 Å². The highest BCUT2D eigenvalue weighted by Gasteiger charge is 2.25. The second kappa shape index (κ2) is 8.06. The normalized spacial score (nSPS) is 23.5. The van der Waals surface area contributed by atoms with E-state index in [4.69, 9.17) is 0 Å². The lowest BCUT2D eigenvalue weighted by atomic mass is 10.2. The molecule has 0 aliphatic carbocycles. The van der Waals surface area contributed by atoms with Crippen LogP contribution in [0.3, 0.4) is 0 Å². The molecule has 0 amide bonds. The van der Waals surface area contributed by atoms with Gasteiger partial charge in [-0.15, -0.1) is 0 Å². The number of hydrogen-bond donors (Lipinski definition) is 1. The second-order valence-electron chi connectivity index (χ2n) is 5.23. The van der Waals surface area contributed by atoms with Crippen molar-refractivity contribution in [2.45, 2.75) is 52.6 Å². The molecule has 0 aromatic carbocycles. The van der Waals surface area contributed by atoms with Crippen molar-refractivity contribution in [1.29, 1.82) is 0 Å². The minimum atomic E-state index is 0.663. The maximum atomic E-state index is 3.58. The van der Waals surface area contributed by atoms with E-state index in [2.05, 4.69) is 42.8 Å². The second-order valence-corrected chi connectivity index (χ2v) is 5.23. The van der Waals surface area contributed by atoms with E-state index in [-0.39, 0.29) is 0 Å². The molecule has 17 heavy (non-hydrogen) atoms. The Labute approximate surface area is 108 Å². The van der Waals surface area contributed by atoms with Crippen molar-refractivity contribution in [3.63, 3.8) is 0 Å². The molecule has 1 heterocycles. The van der Waals surface area contributed by atoms with Crippen molar-refractivity contribution < 1.29 is 0 Å². The van der Waals surface area contributed by atoms with E-state index >= 15 is 0 Å². The van der Waals surface area contributed by atoms with Crippen LogP contribution in [0, 0.1) is 0 Å². The fourth-order valence-corrected chi connectivity index (χ4v) is 2.67. The van der Waals surface area contributed by atoms with Gasteiger partial charge >= 0.3 is 0 Å². The fourth-order valence-electron chi connectivity index (χ4n) is 2.67. The number of likely N-dealkylation sites (tertiary alicyclic amines) is 1. The average molecular weight is 241 g/mol. The maximum Gasteiger partial charge on any atom is 0.0235 e. The van der Waals surface area contributed by atoms with E-state index in [1.54, 1.807) is 0 Å².